The molecule has 1 aromatic rings. The van der Waals surface area contributed by atoms with E-state index in [-0.39, 0.29) is 0 Å². The van der Waals surface area contributed by atoms with Gasteiger partial charge in [0, 0.05) is 4.43 Å². The zero-order chi connectivity index (χ0) is 10.0. The lowest BCUT2D eigenvalue weighted by Gasteiger charge is -2.11. The minimum atomic E-state index is 0.386. The van der Waals surface area contributed by atoms with Crippen LogP contribution in [0.4, 0.5) is 0 Å². The standard InChI is InChI=1S/C10H12I2O/c1-6(2)8-4-3-7(5-11)9(12)10(8)13/h3-4,6,13H,5H2,1-2H3. The van der Waals surface area contributed by atoms with Gasteiger partial charge in [0.05, 0.1) is 3.57 Å². The number of alkyl halides is 1. The second-order valence-corrected chi connectivity index (χ2v) is 5.11. The normalized spacial score (nSPS) is 10.8. The molecule has 0 aliphatic carbocycles. The van der Waals surface area contributed by atoms with Gasteiger partial charge in [0.15, 0.2) is 0 Å². The topological polar surface area (TPSA) is 20.2 Å². The van der Waals surface area contributed by atoms with Gasteiger partial charge in [-0.05, 0) is 39.6 Å². The van der Waals surface area contributed by atoms with E-state index in [4.69, 9.17) is 0 Å². The van der Waals surface area contributed by atoms with Crippen LogP contribution >= 0.6 is 45.2 Å². The molecule has 0 fully saturated rings. The SMILES string of the molecule is CC(C)c1ccc(CI)c(I)c1O. The van der Waals surface area contributed by atoms with E-state index in [1.807, 2.05) is 6.07 Å². The smallest absolute Gasteiger partial charge is 0.132 e. The van der Waals surface area contributed by atoms with Gasteiger partial charge in [0.2, 0.25) is 0 Å². The summed E-state index contributed by atoms with van der Waals surface area (Å²) >= 11 is 4.52. The Hall–Kier alpha value is 0.480. The molecule has 0 unspecified atom stereocenters. The Bertz CT molecular complexity index is 308. The highest BCUT2D eigenvalue weighted by atomic mass is 127. The summed E-state index contributed by atoms with van der Waals surface area (Å²) < 4.78 is 1.94. The summed E-state index contributed by atoms with van der Waals surface area (Å²) in [6.07, 6.45) is 0. The number of aromatic hydroxyl groups is 1. The quantitative estimate of drug-likeness (QED) is 0.585. The van der Waals surface area contributed by atoms with E-state index in [9.17, 15) is 5.11 Å². The molecule has 3 heteroatoms. The minimum Gasteiger partial charge on any atom is -0.507 e. The summed E-state index contributed by atoms with van der Waals surface area (Å²) in [4.78, 5) is 0. The van der Waals surface area contributed by atoms with Gasteiger partial charge in [0.25, 0.3) is 0 Å². The predicted octanol–water partition coefficient (Wildman–Crippen LogP) is 4.06. The average molecular weight is 402 g/mol. The van der Waals surface area contributed by atoms with E-state index in [1.54, 1.807) is 0 Å². The Kier molecular flexibility index (Phi) is 4.28. The number of hydrogen-bond donors (Lipinski definition) is 1. The maximum Gasteiger partial charge on any atom is 0.132 e. The Labute approximate surface area is 106 Å². The maximum atomic E-state index is 9.87. The van der Waals surface area contributed by atoms with E-state index in [1.165, 1.54) is 5.56 Å². The lowest BCUT2D eigenvalue weighted by Crippen LogP contribution is -1.93. The first-order chi connectivity index (χ1) is 6.07. The second kappa shape index (κ2) is 4.82. The molecule has 0 saturated heterocycles. The van der Waals surface area contributed by atoms with Gasteiger partial charge < -0.3 is 5.11 Å². The van der Waals surface area contributed by atoms with Gasteiger partial charge in [-0.15, -0.1) is 0 Å². The number of benzene rings is 1. The molecule has 0 aromatic heterocycles. The number of rotatable bonds is 2. The van der Waals surface area contributed by atoms with E-state index in [0.29, 0.717) is 11.7 Å². The molecule has 0 radical (unpaired) electrons. The van der Waals surface area contributed by atoms with Crippen LogP contribution in [-0.2, 0) is 4.43 Å². The van der Waals surface area contributed by atoms with Crippen LogP contribution < -0.4 is 0 Å². The molecule has 0 bridgehead atoms. The van der Waals surface area contributed by atoms with Crippen LogP contribution in [0.25, 0.3) is 0 Å². The fraction of sp³-hybridized carbons (Fsp3) is 0.400. The summed E-state index contributed by atoms with van der Waals surface area (Å²) in [5, 5.41) is 9.87. The summed E-state index contributed by atoms with van der Waals surface area (Å²) in [5.41, 5.74) is 2.25. The van der Waals surface area contributed by atoms with Crippen molar-refractivity contribution in [3.05, 3.63) is 26.8 Å². The first-order valence-corrected chi connectivity index (χ1v) is 6.74. The molecular formula is C10H12I2O. The maximum absolute atomic E-state index is 9.87. The molecule has 1 rings (SSSR count). The fourth-order valence-electron chi connectivity index (χ4n) is 1.19. The van der Waals surface area contributed by atoms with Crippen molar-refractivity contribution in [2.24, 2.45) is 0 Å². The van der Waals surface area contributed by atoms with Gasteiger partial charge >= 0.3 is 0 Å². The Morgan fingerprint density at radius 1 is 1.38 bits per heavy atom. The van der Waals surface area contributed by atoms with Gasteiger partial charge in [-0.25, -0.2) is 0 Å². The number of halogens is 2. The van der Waals surface area contributed by atoms with Gasteiger partial charge in [0.1, 0.15) is 5.75 Å². The zero-order valence-electron chi connectivity index (χ0n) is 7.64. The van der Waals surface area contributed by atoms with Crippen molar-refractivity contribution in [3.8, 4) is 5.75 Å². The molecule has 1 N–H and O–H groups in total. The van der Waals surface area contributed by atoms with Crippen LogP contribution in [-0.4, -0.2) is 5.11 Å². The first kappa shape index (κ1) is 11.6. The molecule has 1 aromatic carbocycles. The monoisotopic (exact) mass is 402 g/mol. The number of phenolic OH excluding ortho intramolecular Hbond substituents is 1. The lowest BCUT2D eigenvalue weighted by atomic mass is 10.0. The van der Waals surface area contributed by atoms with Crippen molar-refractivity contribution in [3.63, 3.8) is 0 Å². The van der Waals surface area contributed by atoms with Gasteiger partial charge in [-0.1, -0.05) is 48.6 Å². The van der Waals surface area contributed by atoms with Crippen molar-refractivity contribution < 1.29 is 5.11 Å². The van der Waals surface area contributed by atoms with Crippen LogP contribution in [0, 0.1) is 3.57 Å². The third-order valence-corrected chi connectivity index (χ3v) is 4.02. The second-order valence-electron chi connectivity index (χ2n) is 3.26. The molecule has 0 aliphatic heterocycles. The van der Waals surface area contributed by atoms with Crippen molar-refractivity contribution in [1.82, 2.24) is 0 Å². The van der Waals surface area contributed by atoms with Gasteiger partial charge in [-0.2, -0.15) is 0 Å². The summed E-state index contributed by atoms with van der Waals surface area (Å²) in [5.74, 6) is 0.849. The van der Waals surface area contributed by atoms with Crippen LogP contribution in [0.15, 0.2) is 12.1 Å². The first-order valence-electron chi connectivity index (χ1n) is 4.14. The fourth-order valence-corrected chi connectivity index (χ4v) is 3.24. The van der Waals surface area contributed by atoms with Crippen molar-refractivity contribution >= 4 is 45.2 Å². The van der Waals surface area contributed by atoms with Crippen LogP contribution in [0.2, 0.25) is 0 Å². The molecule has 72 valence electrons. The minimum absolute atomic E-state index is 0.386. The Morgan fingerprint density at radius 3 is 2.46 bits per heavy atom. The third-order valence-electron chi connectivity index (χ3n) is 1.99. The highest BCUT2D eigenvalue weighted by Crippen LogP contribution is 2.33. The Balaban J connectivity index is 3.23. The molecule has 0 amide bonds. The van der Waals surface area contributed by atoms with E-state index in [0.717, 1.165) is 13.6 Å². The summed E-state index contributed by atoms with van der Waals surface area (Å²) in [6, 6.07) is 4.12. The van der Waals surface area contributed by atoms with Crippen molar-refractivity contribution in [2.75, 3.05) is 0 Å². The molecule has 0 heterocycles. The molecule has 0 spiro atoms. The summed E-state index contributed by atoms with van der Waals surface area (Å²) in [7, 11) is 0. The predicted molar refractivity (Wildman–Crippen MR) is 72.6 cm³/mol. The lowest BCUT2D eigenvalue weighted by molar-refractivity contribution is 0.460. The third kappa shape index (κ3) is 2.49. The van der Waals surface area contributed by atoms with E-state index >= 15 is 0 Å². The summed E-state index contributed by atoms with van der Waals surface area (Å²) in [6.45, 7) is 4.18. The zero-order valence-corrected chi connectivity index (χ0v) is 12.0. The van der Waals surface area contributed by atoms with Crippen molar-refractivity contribution in [2.45, 2.75) is 24.2 Å². The highest BCUT2D eigenvalue weighted by Gasteiger charge is 2.11. The molecule has 0 saturated carbocycles. The molecular weight excluding hydrogens is 390 g/mol. The molecule has 1 nitrogen and oxygen atoms in total. The van der Waals surface area contributed by atoms with Crippen LogP contribution in [0.3, 0.4) is 0 Å². The number of phenols is 1. The molecule has 0 aliphatic rings. The van der Waals surface area contributed by atoms with Gasteiger partial charge in [-0.3, -0.25) is 0 Å². The van der Waals surface area contributed by atoms with E-state index < -0.39 is 0 Å². The Morgan fingerprint density at radius 2 is 2.00 bits per heavy atom. The molecule has 0 atom stereocenters. The average Bonchev–Trinajstić information content (AvgIpc) is 2.09. The van der Waals surface area contributed by atoms with Crippen LogP contribution in [0.5, 0.6) is 5.75 Å². The molecule has 13 heavy (non-hydrogen) atoms. The van der Waals surface area contributed by atoms with Crippen molar-refractivity contribution in [1.29, 1.82) is 0 Å². The van der Waals surface area contributed by atoms with E-state index in [2.05, 4.69) is 65.1 Å². The number of hydrogen-bond acceptors (Lipinski definition) is 1. The van der Waals surface area contributed by atoms with Crippen LogP contribution in [0.1, 0.15) is 30.9 Å². The highest BCUT2D eigenvalue weighted by molar-refractivity contribution is 14.1. The largest absolute Gasteiger partial charge is 0.507 e.